The van der Waals surface area contributed by atoms with Crippen LogP contribution in [0, 0.1) is 6.92 Å². The Kier molecular flexibility index (Phi) is 2.53. The van der Waals surface area contributed by atoms with E-state index in [0.29, 0.717) is 6.54 Å². The molecular formula is C8H8N3. The highest BCUT2D eigenvalue weighted by Crippen LogP contribution is 2.03. The first kappa shape index (κ1) is 7.63. The third kappa shape index (κ3) is 2.32. The first-order chi connectivity index (χ1) is 5.33. The zero-order valence-electron chi connectivity index (χ0n) is 6.07. The Bertz CT molecular complexity index is 270. The zero-order valence-corrected chi connectivity index (χ0v) is 6.07. The van der Waals surface area contributed by atoms with E-state index in [-0.39, 0.29) is 0 Å². The molecule has 0 unspecified atom stereocenters. The van der Waals surface area contributed by atoms with E-state index in [9.17, 15) is 0 Å². The number of rotatable bonds is 2. The molecule has 0 aliphatic carbocycles. The molecule has 55 valence electrons. The van der Waals surface area contributed by atoms with Crippen LogP contribution in [0.2, 0.25) is 0 Å². The molecule has 0 aromatic heterocycles. The van der Waals surface area contributed by atoms with Gasteiger partial charge in [-0.2, -0.15) is 0 Å². The maximum Gasteiger partial charge on any atom is 0.0510 e. The minimum absolute atomic E-state index is 0.413. The van der Waals surface area contributed by atoms with Crippen molar-refractivity contribution in [1.29, 1.82) is 0 Å². The lowest BCUT2D eigenvalue weighted by atomic mass is 10.2. The van der Waals surface area contributed by atoms with Gasteiger partial charge in [-0.05, 0) is 23.6 Å². The summed E-state index contributed by atoms with van der Waals surface area (Å²) >= 11 is 0. The van der Waals surface area contributed by atoms with Gasteiger partial charge in [-0.25, -0.2) is 0 Å². The smallest absolute Gasteiger partial charge is 0.0510 e. The number of hydrogen-bond donors (Lipinski definition) is 0. The molecular weight excluding hydrogens is 138 g/mol. The van der Waals surface area contributed by atoms with Gasteiger partial charge in [-0.3, -0.25) is 0 Å². The number of nitrogens with zero attached hydrogens (tertiary/aromatic N) is 3. The van der Waals surface area contributed by atoms with Gasteiger partial charge in [0.25, 0.3) is 0 Å². The minimum Gasteiger partial charge on any atom is -0.0893 e. The van der Waals surface area contributed by atoms with Crippen molar-refractivity contribution < 1.29 is 0 Å². The Balaban J connectivity index is 2.73. The maximum absolute atomic E-state index is 8.03. The lowest BCUT2D eigenvalue weighted by Crippen LogP contribution is -1.79. The van der Waals surface area contributed by atoms with Gasteiger partial charge in [-0.1, -0.05) is 29.4 Å². The predicted octanol–water partition coefficient (Wildman–Crippen LogP) is 2.68. The van der Waals surface area contributed by atoms with Gasteiger partial charge >= 0.3 is 0 Å². The summed E-state index contributed by atoms with van der Waals surface area (Å²) in [6.07, 6.45) is 0. The summed E-state index contributed by atoms with van der Waals surface area (Å²) in [6, 6.07) is 7.58. The summed E-state index contributed by atoms with van der Waals surface area (Å²) < 4.78 is 0. The van der Waals surface area contributed by atoms with Crippen molar-refractivity contribution in [3.8, 4) is 0 Å². The Hall–Kier alpha value is -1.47. The molecule has 0 spiro atoms. The summed E-state index contributed by atoms with van der Waals surface area (Å²) in [7, 11) is 0. The van der Waals surface area contributed by atoms with Gasteiger partial charge in [0.05, 0.1) is 6.54 Å². The average molecular weight is 146 g/mol. The molecule has 0 atom stereocenters. The fraction of sp³-hybridized carbons (Fsp3) is 0.125. The topological polar surface area (TPSA) is 48.8 Å². The second-order valence-corrected chi connectivity index (χ2v) is 2.21. The Morgan fingerprint density at radius 1 is 1.36 bits per heavy atom. The molecule has 0 amide bonds. The first-order valence-corrected chi connectivity index (χ1v) is 3.24. The van der Waals surface area contributed by atoms with E-state index in [1.807, 2.05) is 24.3 Å². The van der Waals surface area contributed by atoms with E-state index in [1.165, 1.54) is 0 Å². The van der Waals surface area contributed by atoms with Crippen LogP contribution in [0.15, 0.2) is 29.4 Å². The van der Waals surface area contributed by atoms with Crippen LogP contribution in [-0.4, -0.2) is 0 Å². The highest BCUT2D eigenvalue weighted by atomic mass is 15.1. The van der Waals surface area contributed by atoms with Crippen LogP contribution in [-0.2, 0) is 6.54 Å². The van der Waals surface area contributed by atoms with Crippen LogP contribution in [0.1, 0.15) is 11.1 Å². The summed E-state index contributed by atoms with van der Waals surface area (Å²) in [5.41, 5.74) is 10.0. The van der Waals surface area contributed by atoms with Crippen molar-refractivity contribution in [1.82, 2.24) is 0 Å². The summed E-state index contributed by atoms with van der Waals surface area (Å²) in [6.45, 7) is 4.15. The SMILES string of the molecule is [CH2]c1ccc(CN=[N+]=[N-])cc1. The standard InChI is InChI=1S/C8H8N3/c1-7-2-4-8(5-3-7)6-10-11-9/h2-5H,1,6H2. The minimum atomic E-state index is 0.413. The number of azide groups is 1. The molecule has 0 saturated carbocycles. The molecule has 0 heterocycles. The maximum atomic E-state index is 8.03. The van der Waals surface area contributed by atoms with Crippen LogP contribution in [0.3, 0.4) is 0 Å². The van der Waals surface area contributed by atoms with E-state index in [0.717, 1.165) is 11.1 Å². The Labute approximate surface area is 65.3 Å². The van der Waals surface area contributed by atoms with E-state index < -0.39 is 0 Å². The highest BCUT2D eigenvalue weighted by Gasteiger charge is 1.87. The van der Waals surface area contributed by atoms with Crippen LogP contribution in [0.5, 0.6) is 0 Å². The van der Waals surface area contributed by atoms with Gasteiger partial charge in [-0.15, -0.1) is 0 Å². The van der Waals surface area contributed by atoms with Crippen molar-refractivity contribution in [3.05, 3.63) is 52.8 Å². The molecule has 0 saturated heterocycles. The molecule has 3 nitrogen and oxygen atoms in total. The third-order valence-corrected chi connectivity index (χ3v) is 1.34. The normalized spacial score (nSPS) is 8.82. The third-order valence-electron chi connectivity index (χ3n) is 1.34. The lowest BCUT2D eigenvalue weighted by Gasteiger charge is -1.94. The Morgan fingerprint density at radius 2 is 2.00 bits per heavy atom. The van der Waals surface area contributed by atoms with Crippen LogP contribution in [0.25, 0.3) is 10.4 Å². The predicted molar refractivity (Wildman–Crippen MR) is 43.8 cm³/mol. The molecule has 11 heavy (non-hydrogen) atoms. The van der Waals surface area contributed by atoms with Gasteiger partial charge < -0.3 is 0 Å². The van der Waals surface area contributed by atoms with Crippen LogP contribution < -0.4 is 0 Å². The van der Waals surface area contributed by atoms with Crippen LogP contribution >= 0.6 is 0 Å². The molecule has 0 aliphatic heterocycles. The molecule has 3 heteroatoms. The highest BCUT2D eigenvalue weighted by molar-refractivity contribution is 5.23. The summed E-state index contributed by atoms with van der Waals surface area (Å²) in [5.74, 6) is 0. The molecule has 1 aromatic rings. The average Bonchev–Trinajstić information content (AvgIpc) is 2.04. The number of benzene rings is 1. The Morgan fingerprint density at radius 3 is 2.55 bits per heavy atom. The van der Waals surface area contributed by atoms with Gasteiger partial charge in [0.2, 0.25) is 0 Å². The van der Waals surface area contributed by atoms with E-state index >= 15 is 0 Å². The molecule has 1 aromatic carbocycles. The zero-order chi connectivity index (χ0) is 8.10. The van der Waals surface area contributed by atoms with E-state index in [2.05, 4.69) is 16.9 Å². The largest absolute Gasteiger partial charge is 0.0893 e. The van der Waals surface area contributed by atoms with Crippen molar-refractivity contribution in [2.24, 2.45) is 5.11 Å². The van der Waals surface area contributed by atoms with Gasteiger partial charge in [0, 0.05) is 4.91 Å². The van der Waals surface area contributed by atoms with Crippen molar-refractivity contribution in [2.75, 3.05) is 0 Å². The molecule has 0 bridgehead atoms. The first-order valence-electron chi connectivity index (χ1n) is 3.24. The fourth-order valence-electron chi connectivity index (χ4n) is 0.758. The summed E-state index contributed by atoms with van der Waals surface area (Å²) in [5, 5.41) is 3.43. The van der Waals surface area contributed by atoms with E-state index in [4.69, 9.17) is 5.53 Å². The number of hydrogen-bond acceptors (Lipinski definition) is 1. The monoisotopic (exact) mass is 146 g/mol. The molecule has 0 fully saturated rings. The lowest BCUT2D eigenvalue weighted by molar-refractivity contribution is 1.05. The van der Waals surface area contributed by atoms with Gasteiger partial charge in [0.1, 0.15) is 0 Å². The van der Waals surface area contributed by atoms with E-state index in [1.54, 1.807) is 0 Å². The second kappa shape index (κ2) is 3.64. The van der Waals surface area contributed by atoms with Crippen LogP contribution in [0.4, 0.5) is 0 Å². The molecule has 0 aliphatic rings. The van der Waals surface area contributed by atoms with Crippen molar-refractivity contribution >= 4 is 0 Å². The molecule has 1 radical (unpaired) electrons. The molecule has 0 N–H and O–H groups in total. The summed E-state index contributed by atoms with van der Waals surface area (Å²) in [4.78, 5) is 2.66. The molecule has 1 rings (SSSR count). The van der Waals surface area contributed by atoms with Crippen molar-refractivity contribution in [3.63, 3.8) is 0 Å². The van der Waals surface area contributed by atoms with Crippen molar-refractivity contribution in [2.45, 2.75) is 6.54 Å². The quantitative estimate of drug-likeness (QED) is 0.350. The van der Waals surface area contributed by atoms with Gasteiger partial charge in [0.15, 0.2) is 0 Å². The second-order valence-electron chi connectivity index (χ2n) is 2.21. The fourth-order valence-corrected chi connectivity index (χ4v) is 0.758.